The van der Waals surface area contributed by atoms with Crippen molar-refractivity contribution >= 4 is 54.4 Å². The molecule has 0 atom stereocenters. The van der Waals surface area contributed by atoms with Gasteiger partial charge in [-0.05, 0) is 78.7 Å². The number of nitrogens with zero attached hydrogens (tertiary/aromatic N) is 4. The second kappa shape index (κ2) is 11.2. The Morgan fingerprint density at radius 3 is 2.60 bits per heavy atom. The molecule has 43 heavy (non-hydrogen) atoms. The van der Waals surface area contributed by atoms with E-state index in [1.165, 1.54) is 12.1 Å². The molecule has 4 N–H and O–H groups in total. The summed E-state index contributed by atoms with van der Waals surface area (Å²) in [7, 11) is -3.86. The first-order valence-corrected chi connectivity index (χ1v) is 16.0. The van der Waals surface area contributed by atoms with E-state index in [-0.39, 0.29) is 10.8 Å². The Balaban J connectivity index is 1.38. The van der Waals surface area contributed by atoms with E-state index in [1.807, 2.05) is 43.9 Å². The van der Waals surface area contributed by atoms with E-state index in [0.29, 0.717) is 64.7 Å². The van der Waals surface area contributed by atoms with Crippen molar-refractivity contribution in [1.82, 2.24) is 24.4 Å². The van der Waals surface area contributed by atoms with Crippen LogP contribution in [0.4, 0.5) is 11.4 Å². The third kappa shape index (κ3) is 5.56. The maximum absolute atomic E-state index is 13.2. The summed E-state index contributed by atoms with van der Waals surface area (Å²) in [4.78, 5) is 27.8. The number of carbonyl (C=O) groups excluding carboxylic acids is 1. The number of carbonyl (C=O) groups is 1. The quantitative estimate of drug-likeness (QED) is 0.232. The number of aromatic nitrogens is 4. The number of sulfonamides is 1. The van der Waals surface area contributed by atoms with Crippen molar-refractivity contribution in [2.45, 2.75) is 25.7 Å². The summed E-state index contributed by atoms with van der Waals surface area (Å²) in [5.41, 5.74) is 7.74. The average Bonchev–Trinajstić information content (AvgIpc) is 3.55. The van der Waals surface area contributed by atoms with Gasteiger partial charge in [0.1, 0.15) is 11.3 Å². The van der Waals surface area contributed by atoms with Gasteiger partial charge in [-0.2, -0.15) is 0 Å². The monoisotopic (exact) mass is 663 g/mol. The zero-order valence-corrected chi connectivity index (χ0v) is 26.2. The number of nitrogens with two attached hydrogens (primary N) is 1. The van der Waals surface area contributed by atoms with Crippen molar-refractivity contribution in [3.05, 3.63) is 81.7 Å². The molecular weight excluding hydrogens is 634 g/mol. The van der Waals surface area contributed by atoms with Gasteiger partial charge in [-0.1, -0.05) is 12.1 Å². The first-order valence-electron chi connectivity index (χ1n) is 13.6. The third-order valence-electron chi connectivity index (χ3n) is 7.59. The molecule has 0 spiro atoms. The van der Waals surface area contributed by atoms with Gasteiger partial charge in [0.25, 0.3) is 5.91 Å². The summed E-state index contributed by atoms with van der Waals surface area (Å²) >= 11 is 3.56. The highest BCUT2D eigenvalue weighted by Gasteiger charge is 2.22. The molecule has 5 aromatic rings. The minimum absolute atomic E-state index is 0.00247. The molecule has 2 aromatic carbocycles. The normalized spacial score (nSPS) is 13.9. The van der Waals surface area contributed by atoms with E-state index in [9.17, 15) is 13.2 Å². The highest BCUT2D eigenvalue weighted by molar-refractivity contribution is 9.10. The number of morpholine rings is 1. The molecule has 3 aromatic heterocycles. The van der Waals surface area contributed by atoms with E-state index in [0.717, 1.165) is 28.2 Å². The number of fused-ring (bicyclic) bond motifs is 1. The summed E-state index contributed by atoms with van der Waals surface area (Å²) in [5.74, 6) is 0.621. The lowest BCUT2D eigenvalue weighted by atomic mass is 10.1. The largest absolute Gasteiger partial charge is 0.378 e. The molecule has 1 fully saturated rings. The van der Waals surface area contributed by atoms with Crippen LogP contribution in [-0.4, -0.2) is 65.0 Å². The lowest BCUT2D eigenvalue weighted by molar-refractivity contribution is 0.0303. The molecule has 1 aliphatic heterocycles. The topological polar surface area (TPSA) is 148 Å². The first kappa shape index (κ1) is 29.1. The van der Waals surface area contributed by atoms with E-state index in [2.05, 4.69) is 41.8 Å². The van der Waals surface area contributed by atoms with E-state index in [1.54, 1.807) is 18.3 Å². The number of benzene rings is 2. The number of hydrogen-bond acceptors (Lipinski definition) is 7. The van der Waals surface area contributed by atoms with Gasteiger partial charge >= 0.3 is 0 Å². The average molecular weight is 665 g/mol. The van der Waals surface area contributed by atoms with Crippen molar-refractivity contribution in [2.24, 2.45) is 5.14 Å². The number of aromatic amines is 1. The standard InChI is InChI=1S/C30H30BrN7O4S/c1-17-7-8-20(30(39)37-9-11-42-12-10-37)14-25(17)38-18(2)13-23(19(38)3)28-35-27-26(24(31)16-33-29(27)36-28)34-21-5-4-6-22(15-21)43(32,40)41/h4-8,13-16H,9-12H2,1-3H3,(H2,32,40,41)(H2,33,34,35,36). The summed E-state index contributed by atoms with van der Waals surface area (Å²) in [6, 6.07) is 14.1. The summed E-state index contributed by atoms with van der Waals surface area (Å²) in [5, 5.41) is 8.60. The Morgan fingerprint density at radius 2 is 1.86 bits per heavy atom. The van der Waals surface area contributed by atoms with E-state index in [4.69, 9.17) is 14.9 Å². The molecule has 1 amide bonds. The molecule has 222 valence electrons. The van der Waals surface area contributed by atoms with Crippen molar-refractivity contribution < 1.29 is 17.9 Å². The SMILES string of the molecule is Cc1ccc(C(=O)N2CCOCC2)cc1-n1c(C)cc(-c2nc3ncc(Br)c(Nc4cccc(S(N)(=O)=O)c4)c3[nH]2)c1C. The lowest BCUT2D eigenvalue weighted by Gasteiger charge is -2.27. The van der Waals surface area contributed by atoms with Gasteiger partial charge in [-0.25, -0.2) is 23.5 Å². The highest BCUT2D eigenvalue weighted by atomic mass is 79.9. The maximum Gasteiger partial charge on any atom is 0.254 e. The lowest BCUT2D eigenvalue weighted by Crippen LogP contribution is -2.40. The van der Waals surface area contributed by atoms with Gasteiger partial charge < -0.3 is 24.5 Å². The van der Waals surface area contributed by atoms with Gasteiger partial charge in [-0.3, -0.25) is 4.79 Å². The number of rotatable bonds is 6. The number of aryl methyl sites for hydroxylation is 2. The molecule has 6 rings (SSSR count). The molecule has 0 aliphatic carbocycles. The van der Waals surface area contributed by atoms with Gasteiger partial charge in [-0.15, -0.1) is 0 Å². The highest BCUT2D eigenvalue weighted by Crippen LogP contribution is 2.35. The van der Waals surface area contributed by atoms with Crippen LogP contribution in [0.15, 0.2) is 64.1 Å². The van der Waals surface area contributed by atoms with Crippen molar-refractivity contribution in [2.75, 3.05) is 31.6 Å². The Morgan fingerprint density at radius 1 is 1.09 bits per heavy atom. The predicted molar refractivity (Wildman–Crippen MR) is 168 cm³/mol. The fraction of sp³-hybridized carbons (Fsp3) is 0.233. The first-order chi connectivity index (χ1) is 20.5. The van der Waals surface area contributed by atoms with Gasteiger partial charge in [0, 0.05) is 53.2 Å². The van der Waals surface area contributed by atoms with Crippen LogP contribution in [-0.2, 0) is 14.8 Å². The Hall–Kier alpha value is -4.04. The third-order valence-corrected chi connectivity index (χ3v) is 9.10. The Labute approximate surface area is 257 Å². The molecule has 4 heterocycles. The summed E-state index contributed by atoms with van der Waals surface area (Å²) in [6.07, 6.45) is 1.64. The second-order valence-corrected chi connectivity index (χ2v) is 12.9. The molecule has 0 bridgehead atoms. The summed E-state index contributed by atoms with van der Waals surface area (Å²) < 4.78 is 32.0. The number of anilines is 2. The molecule has 0 radical (unpaired) electrons. The van der Waals surface area contributed by atoms with Gasteiger partial charge in [0.15, 0.2) is 5.65 Å². The van der Waals surface area contributed by atoms with Crippen molar-refractivity contribution in [3.63, 3.8) is 0 Å². The van der Waals surface area contributed by atoms with Crippen LogP contribution in [0.3, 0.4) is 0 Å². The van der Waals surface area contributed by atoms with Crippen LogP contribution in [0.1, 0.15) is 27.3 Å². The smallest absolute Gasteiger partial charge is 0.254 e. The number of primary sulfonamides is 1. The second-order valence-electron chi connectivity index (χ2n) is 10.5. The summed E-state index contributed by atoms with van der Waals surface area (Å²) in [6.45, 7) is 8.33. The zero-order chi connectivity index (χ0) is 30.5. The zero-order valence-electron chi connectivity index (χ0n) is 23.8. The fourth-order valence-electron chi connectivity index (χ4n) is 5.38. The van der Waals surface area contributed by atoms with Crippen LogP contribution < -0.4 is 10.5 Å². The van der Waals surface area contributed by atoms with Gasteiger partial charge in [0.2, 0.25) is 10.0 Å². The van der Waals surface area contributed by atoms with Crippen molar-refractivity contribution in [3.8, 4) is 17.1 Å². The molecule has 13 heteroatoms. The number of nitrogens with one attached hydrogen (secondary N) is 2. The van der Waals surface area contributed by atoms with Crippen molar-refractivity contribution in [1.29, 1.82) is 0 Å². The maximum atomic E-state index is 13.2. The fourth-order valence-corrected chi connectivity index (χ4v) is 6.34. The molecule has 0 unspecified atom stereocenters. The minimum Gasteiger partial charge on any atom is -0.378 e. The molecule has 1 saturated heterocycles. The van der Waals surface area contributed by atoms with Crippen LogP contribution in [0.25, 0.3) is 28.2 Å². The van der Waals surface area contributed by atoms with E-state index < -0.39 is 10.0 Å². The van der Waals surface area contributed by atoms with Crippen LogP contribution in [0.2, 0.25) is 0 Å². The molecule has 0 saturated carbocycles. The Bertz CT molecular complexity index is 2000. The number of H-pyrrole nitrogens is 1. The van der Waals surface area contributed by atoms with Crippen LogP contribution >= 0.6 is 15.9 Å². The number of hydrogen-bond donors (Lipinski definition) is 3. The molecule has 11 nitrogen and oxygen atoms in total. The number of amides is 1. The van der Waals surface area contributed by atoms with Crippen LogP contribution in [0.5, 0.6) is 0 Å². The molecule has 1 aliphatic rings. The number of pyridine rings is 1. The van der Waals surface area contributed by atoms with Crippen LogP contribution in [0, 0.1) is 20.8 Å². The van der Waals surface area contributed by atoms with E-state index >= 15 is 0 Å². The number of halogens is 1. The minimum atomic E-state index is -3.86. The molecular formula is C30H30BrN7O4S. The van der Waals surface area contributed by atoms with Gasteiger partial charge in [0.05, 0.1) is 28.3 Å². The Kier molecular flexibility index (Phi) is 7.59. The predicted octanol–water partition coefficient (Wildman–Crippen LogP) is 4.97. The number of ether oxygens (including phenoxy) is 1. The number of imidazole rings is 1.